The standard InChI is InChI=1S/C15H20Cl2FN/c16-10-15(6-2-1-3-7-15)11-19-9-12-4-5-14(18)13(17)8-12/h4-5,8,19H,1-3,6-7,9-11H2. The molecule has 0 saturated heterocycles. The summed E-state index contributed by atoms with van der Waals surface area (Å²) in [5.41, 5.74) is 1.25. The average molecular weight is 304 g/mol. The minimum atomic E-state index is -0.366. The van der Waals surface area contributed by atoms with Gasteiger partial charge < -0.3 is 5.32 Å². The molecule has 1 aliphatic carbocycles. The van der Waals surface area contributed by atoms with Crippen molar-refractivity contribution in [2.75, 3.05) is 12.4 Å². The number of hydrogen-bond acceptors (Lipinski definition) is 1. The maximum absolute atomic E-state index is 13.1. The average Bonchev–Trinajstić information content (AvgIpc) is 2.44. The van der Waals surface area contributed by atoms with Crippen LogP contribution in [0.3, 0.4) is 0 Å². The van der Waals surface area contributed by atoms with Crippen LogP contribution in [-0.4, -0.2) is 12.4 Å². The normalized spacial score (nSPS) is 18.5. The minimum Gasteiger partial charge on any atom is -0.312 e. The van der Waals surface area contributed by atoms with Gasteiger partial charge in [-0.05, 0) is 36.0 Å². The maximum Gasteiger partial charge on any atom is 0.141 e. The smallest absolute Gasteiger partial charge is 0.141 e. The molecule has 1 nitrogen and oxygen atoms in total. The van der Waals surface area contributed by atoms with Crippen LogP contribution in [0.1, 0.15) is 37.7 Å². The molecule has 19 heavy (non-hydrogen) atoms. The molecule has 0 heterocycles. The third-order valence-corrected chi connectivity index (χ3v) is 4.87. The van der Waals surface area contributed by atoms with Gasteiger partial charge in [0, 0.05) is 19.0 Å². The largest absolute Gasteiger partial charge is 0.312 e. The van der Waals surface area contributed by atoms with Gasteiger partial charge in [0.2, 0.25) is 0 Å². The number of alkyl halides is 1. The van der Waals surface area contributed by atoms with Gasteiger partial charge in [0.15, 0.2) is 0 Å². The van der Waals surface area contributed by atoms with E-state index in [2.05, 4.69) is 5.32 Å². The van der Waals surface area contributed by atoms with Crippen molar-refractivity contribution in [2.24, 2.45) is 5.41 Å². The quantitative estimate of drug-likeness (QED) is 0.774. The van der Waals surface area contributed by atoms with Gasteiger partial charge in [-0.2, -0.15) is 0 Å². The fourth-order valence-electron chi connectivity index (χ4n) is 2.78. The van der Waals surface area contributed by atoms with Gasteiger partial charge in [-0.1, -0.05) is 36.9 Å². The number of halogens is 3. The second-order valence-electron chi connectivity index (χ2n) is 5.55. The Balaban J connectivity index is 1.86. The van der Waals surface area contributed by atoms with Crippen molar-refractivity contribution < 1.29 is 4.39 Å². The summed E-state index contributed by atoms with van der Waals surface area (Å²) in [6, 6.07) is 4.86. The molecule has 1 aromatic rings. The summed E-state index contributed by atoms with van der Waals surface area (Å²) in [7, 11) is 0. The van der Waals surface area contributed by atoms with Gasteiger partial charge in [0.05, 0.1) is 5.02 Å². The molecule has 0 atom stereocenters. The molecular weight excluding hydrogens is 284 g/mol. The first-order chi connectivity index (χ1) is 9.15. The molecule has 0 bridgehead atoms. The van der Waals surface area contributed by atoms with Crippen LogP contribution in [0.4, 0.5) is 4.39 Å². The van der Waals surface area contributed by atoms with Crippen molar-refractivity contribution in [1.29, 1.82) is 0 Å². The van der Waals surface area contributed by atoms with Gasteiger partial charge >= 0.3 is 0 Å². The fraction of sp³-hybridized carbons (Fsp3) is 0.600. The highest BCUT2D eigenvalue weighted by atomic mass is 35.5. The lowest BCUT2D eigenvalue weighted by atomic mass is 9.75. The lowest BCUT2D eigenvalue weighted by molar-refractivity contribution is 0.212. The molecule has 1 fully saturated rings. The highest BCUT2D eigenvalue weighted by Gasteiger charge is 2.30. The third-order valence-electron chi connectivity index (χ3n) is 4.01. The molecule has 0 spiro atoms. The van der Waals surface area contributed by atoms with E-state index in [-0.39, 0.29) is 16.3 Å². The summed E-state index contributed by atoms with van der Waals surface area (Å²) < 4.78 is 13.1. The molecular formula is C15H20Cl2FN. The Morgan fingerprint density at radius 3 is 2.58 bits per heavy atom. The summed E-state index contributed by atoms with van der Waals surface area (Å²) in [5.74, 6) is 0.347. The Bertz CT molecular complexity index is 417. The van der Waals surface area contributed by atoms with Crippen LogP contribution in [0, 0.1) is 11.2 Å². The zero-order chi connectivity index (χ0) is 13.7. The molecule has 4 heteroatoms. The van der Waals surface area contributed by atoms with Gasteiger partial charge in [-0.3, -0.25) is 0 Å². The van der Waals surface area contributed by atoms with Gasteiger partial charge in [0.25, 0.3) is 0 Å². The molecule has 0 aliphatic heterocycles. The topological polar surface area (TPSA) is 12.0 Å². The summed E-state index contributed by atoms with van der Waals surface area (Å²) in [6.07, 6.45) is 6.28. The first kappa shape index (κ1) is 15.1. The first-order valence-corrected chi connectivity index (χ1v) is 7.77. The SMILES string of the molecule is Fc1ccc(CNCC2(CCl)CCCCC2)cc1Cl. The maximum atomic E-state index is 13.1. The van der Waals surface area contributed by atoms with Crippen LogP contribution >= 0.6 is 23.2 Å². The molecule has 0 aromatic heterocycles. The molecule has 106 valence electrons. The summed E-state index contributed by atoms with van der Waals surface area (Å²) in [6.45, 7) is 1.63. The van der Waals surface area contributed by atoms with Gasteiger partial charge in [-0.15, -0.1) is 11.6 Å². The van der Waals surface area contributed by atoms with Crippen molar-refractivity contribution in [3.8, 4) is 0 Å². The van der Waals surface area contributed by atoms with Crippen LogP contribution in [0.2, 0.25) is 5.02 Å². The molecule has 2 rings (SSSR count). The Kier molecular flexibility index (Phi) is 5.49. The van der Waals surface area contributed by atoms with E-state index < -0.39 is 0 Å². The monoisotopic (exact) mass is 303 g/mol. The predicted molar refractivity (Wildman–Crippen MR) is 79.4 cm³/mol. The van der Waals surface area contributed by atoms with E-state index in [0.29, 0.717) is 12.4 Å². The summed E-state index contributed by atoms with van der Waals surface area (Å²) in [5, 5.41) is 3.63. The molecule has 0 unspecified atom stereocenters. The Hall–Kier alpha value is -0.310. The van der Waals surface area contributed by atoms with Crippen LogP contribution in [-0.2, 0) is 6.54 Å². The lowest BCUT2D eigenvalue weighted by Gasteiger charge is -2.35. The second-order valence-corrected chi connectivity index (χ2v) is 6.22. The molecule has 1 aliphatic rings. The predicted octanol–water partition coefficient (Wildman–Crippen LogP) is 4.76. The molecule has 0 amide bonds. The van der Waals surface area contributed by atoms with Crippen molar-refractivity contribution in [2.45, 2.75) is 38.6 Å². The van der Waals surface area contributed by atoms with E-state index in [9.17, 15) is 4.39 Å². The van der Waals surface area contributed by atoms with E-state index in [4.69, 9.17) is 23.2 Å². The van der Waals surface area contributed by atoms with Gasteiger partial charge in [0.1, 0.15) is 5.82 Å². The minimum absolute atomic E-state index is 0.184. The van der Waals surface area contributed by atoms with Crippen LogP contribution < -0.4 is 5.32 Å². The third kappa shape index (κ3) is 4.08. The Labute approximate surface area is 124 Å². The van der Waals surface area contributed by atoms with E-state index in [0.717, 1.165) is 12.1 Å². The van der Waals surface area contributed by atoms with Crippen LogP contribution in [0.25, 0.3) is 0 Å². The number of nitrogens with one attached hydrogen (secondary N) is 1. The fourth-order valence-corrected chi connectivity index (χ4v) is 3.35. The molecule has 1 saturated carbocycles. The van der Waals surface area contributed by atoms with E-state index in [1.54, 1.807) is 12.1 Å². The van der Waals surface area contributed by atoms with E-state index >= 15 is 0 Å². The van der Waals surface area contributed by atoms with Crippen LogP contribution in [0.15, 0.2) is 18.2 Å². The number of rotatable bonds is 5. The number of benzene rings is 1. The first-order valence-electron chi connectivity index (χ1n) is 6.86. The zero-order valence-corrected chi connectivity index (χ0v) is 12.5. The van der Waals surface area contributed by atoms with E-state index in [1.165, 1.54) is 38.2 Å². The lowest BCUT2D eigenvalue weighted by Crippen LogP contribution is -2.37. The van der Waals surface area contributed by atoms with Crippen molar-refractivity contribution in [3.63, 3.8) is 0 Å². The second kappa shape index (κ2) is 6.92. The summed E-state index contributed by atoms with van der Waals surface area (Å²) in [4.78, 5) is 0. The molecule has 0 radical (unpaired) electrons. The van der Waals surface area contributed by atoms with Crippen molar-refractivity contribution >= 4 is 23.2 Å². The van der Waals surface area contributed by atoms with Crippen LogP contribution in [0.5, 0.6) is 0 Å². The Morgan fingerprint density at radius 1 is 1.21 bits per heavy atom. The summed E-state index contributed by atoms with van der Waals surface area (Å²) >= 11 is 11.9. The number of hydrogen-bond donors (Lipinski definition) is 1. The van der Waals surface area contributed by atoms with E-state index in [1.807, 2.05) is 0 Å². The van der Waals surface area contributed by atoms with Crippen molar-refractivity contribution in [1.82, 2.24) is 5.32 Å². The van der Waals surface area contributed by atoms with Gasteiger partial charge in [-0.25, -0.2) is 4.39 Å². The Morgan fingerprint density at radius 2 is 1.95 bits per heavy atom. The molecule has 1 aromatic carbocycles. The van der Waals surface area contributed by atoms with Crippen molar-refractivity contribution in [3.05, 3.63) is 34.6 Å². The molecule has 1 N–H and O–H groups in total. The zero-order valence-electron chi connectivity index (χ0n) is 11.0. The highest BCUT2D eigenvalue weighted by Crippen LogP contribution is 2.36. The highest BCUT2D eigenvalue weighted by molar-refractivity contribution is 6.30.